The van der Waals surface area contributed by atoms with Gasteiger partial charge in [-0.3, -0.25) is 9.59 Å². The lowest BCUT2D eigenvalue weighted by atomic mass is 9.92. The number of carbonyl (C=O) groups is 2. The molecule has 0 aromatic rings. The van der Waals surface area contributed by atoms with E-state index in [1.165, 1.54) is 0 Å². The third-order valence-corrected chi connectivity index (χ3v) is 3.37. The van der Waals surface area contributed by atoms with Crippen molar-refractivity contribution in [2.75, 3.05) is 0 Å². The largest absolute Gasteiger partial charge is 0.391 e. The molecule has 3 N–H and O–H groups in total. The van der Waals surface area contributed by atoms with Crippen LogP contribution in [0.2, 0.25) is 0 Å². The molecule has 0 bridgehead atoms. The molecule has 0 aromatic carbocycles. The fraction of sp³-hybridized carbons (Fsp3) is 0.818. The number of carbonyl (C=O) groups excluding carboxylic acids is 2. The summed E-state index contributed by atoms with van der Waals surface area (Å²) in [6, 6.07) is -0.541. The predicted molar refractivity (Wildman–Crippen MR) is 57.6 cm³/mol. The third kappa shape index (κ3) is 2.52. The lowest BCUT2D eigenvalue weighted by molar-refractivity contribution is -0.127. The molecule has 0 spiro atoms. The standard InChI is InChI=1S/C11H18N2O3/c14-9-4-2-1-3-7(9)13-11(16)8-5-6-10(15)12-8/h7-9,14H,1-6H2,(H,12,15)(H,13,16). The van der Waals surface area contributed by atoms with Crippen molar-refractivity contribution in [1.29, 1.82) is 0 Å². The molecule has 1 saturated carbocycles. The lowest BCUT2D eigenvalue weighted by Crippen LogP contribution is -2.50. The summed E-state index contributed by atoms with van der Waals surface area (Å²) in [5.74, 6) is -0.221. The highest BCUT2D eigenvalue weighted by Crippen LogP contribution is 2.18. The van der Waals surface area contributed by atoms with Gasteiger partial charge in [-0.2, -0.15) is 0 Å². The average molecular weight is 226 g/mol. The van der Waals surface area contributed by atoms with E-state index in [0.29, 0.717) is 12.8 Å². The molecule has 1 aliphatic carbocycles. The zero-order valence-electron chi connectivity index (χ0n) is 9.24. The minimum absolute atomic E-state index is 0.0654. The van der Waals surface area contributed by atoms with Crippen molar-refractivity contribution in [2.45, 2.75) is 56.7 Å². The summed E-state index contributed by atoms with van der Waals surface area (Å²) in [4.78, 5) is 22.7. The molecule has 2 amide bonds. The van der Waals surface area contributed by atoms with Crippen molar-refractivity contribution in [1.82, 2.24) is 10.6 Å². The zero-order valence-corrected chi connectivity index (χ0v) is 9.24. The van der Waals surface area contributed by atoms with Crippen molar-refractivity contribution >= 4 is 11.8 Å². The van der Waals surface area contributed by atoms with Gasteiger partial charge in [-0.05, 0) is 19.3 Å². The lowest BCUT2D eigenvalue weighted by Gasteiger charge is -2.29. The maximum atomic E-state index is 11.8. The van der Waals surface area contributed by atoms with Gasteiger partial charge < -0.3 is 15.7 Å². The highest BCUT2D eigenvalue weighted by molar-refractivity contribution is 5.90. The Bertz CT molecular complexity index is 293. The van der Waals surface area contributed by atoms with E-state index in [4.69, 9.17) is 0 Å². The first kappa shape index (κ1) is 11.4. The van der Waals surface area contributed by atoms with Gasteiger partial charge in [0.05, 0.1) is 12.1 Å². The second kappa shape index (κ2) is 4.82. The van der Waals surface area contributed by atoms with E-state index in [0.717, 1.165) is 25.7 Å². The maximum absolute atomic E-state index is 11.8. The van der Waals surface area contributed by atoms with E-state index in [1.54, 1.807) is 0 Å². The normalized spacial score (nSPS) is 34.6. The summed E-state index contributed by atoms with van der Waals surface area (Å²) in [5.41, 5.74) is 0. The Morgan fingerprint density at radius 1 is 1.31 bits per heavy atom. The molecule has 5 heteroatoms. The Kier molecular flexibility index (Phi) is 3.43. The summed E-state index contributed by atoms with van der Waals surface area (Å²) < 4.78 is 0. The summed E-state index contributed by atoms with van der Waals surface area (Å²) in [6.45, 7) is 0. The van der Waals surface area contributed by atoms with Crippen LogP contribution < -0.4 is 10.6 Å². The Morgan fingerprint density at radius 2 is 2.06 bits per heavy atom. The zero-order chi connectivity index (χ0) is 11.5. The van der Waals surface area contributed by atoms with E-state index in [1.807, 2.05) is 0 Å². The van der Waals surface area contributed by atoms with Crippen LogP contribution in [-0.4, -0.2) is 35.1 Å². The van der Waals surface area contributed by atoms with E-state index in [2.05, 4.69) is 10.6 Å². The first-order valence-corrected chi connectivity index (χ1v) is 5.94. The van der Waals surface area contributed by atoms with Crippen molar-refractivity contribution in [3.63, 3.8) is 0 Å². The van der Waals surface area contributed by atoms with Crippen LogP contribution in [0.25, 0.3) is 0 Å². The summed E-state index contributed by atoms with van der Waals surface area (Å²) in [6.07, 6.45) is 4.19. The number of aliphatic hydroxyl groups is 1. The molecule has 90 valence electrons. The Morgan fingerprint density at radius 3 is 2.69 bits per heavy atom. The topological polar surface area (TPSA) is 78.4 Å². The van der Waals surface area contributed by atoms with Crippen LogP contribution in [0.15, 0.2) is 0 Å². The Hall–Kier alpha value is -1.10. The minimum Gasteiger partial charge on any atom is -0.391 e. The molecule has 3 unspecified atom stereocenters. The fourth-order valence-corrected chi connectivity index (χ4v) is 2.37. The van der Waals surface area contributed by atoms with Gasteiger partial charge in [-0.15, -0.1) is 0 Å². The molecule has 16 heavy (non-hydrogen) atoms. The average Bonchev–Trinajstić information content (AvgIpc) is 2.68. The van der Waals surface area contributed by atoms with Crippen LogP contribution in [0.3, 0.4) is 0 Å². The van der Waals surface area contributed by atoms with Crippen molar-refractivity contribution in [3.8, 4) is 0 Å². The van der Waals surface area contributed by atoms with Gasteiger partial charge >= 0.3 is 0 Å². The van der Waals surface area contributed by atoms with E-state index < -0.39 is 12.1 Å². The first-order valence-electron chi connectivity index (χ1n) is 5.94. The Labute approximate surface area is 94.6 Å². The van der Waals surface area contributed by atoms with Crippen LogP contribution in [-0.2, 0) is 9.59 Å². The highest BCUT2D eigenvalue weighted by Gasteiger charge is 2.31. The number of nitrogens with one attached hydrogen (secondary N) is 2. The molecule has 0 radical (unpaired) electrons. The van der Waals surface area contributed by atoms with Gasteiger partial charge in [0.2, 0.25) is 11.8 Å². The number of hydrogen-bond acceptors (Lipinski definition) is 3. The molecule has 2 fully saturated rings. The van der Waals surface area contributed by atoms with Crippen molar-refractivity contribution < 1.29 is 14.7 Å². The molecule has 5 nitrogen and oxygen atoms in total. The number of rotatable bonds is 2. The monoisotopic (exact) mass is 226 g/mol. The quantitative estimate of drug-likeness (QED) is 0.604. The van der Waals surface area contributed by atoms with Crippen LogP contribution in [0.5, 0.6) is 0 Å². The van der Waals surface area contributed by atoms with Gasteiger partial charge in [0.15, 0.2) is 0 Å². The molecule has 1 saturated heterocycles. The molecule has 3 atom stereocenters. The number of hydrogen-bond donors (Lipinski definition) is 3. The smallest absolute Gasteiger partial charge is 0.242 e. The van der Waals surface area contributed by atoms with Crippen LogP contribution in [0, 0.1) is 0 Å². The van der Waals surface area contributed by atoms with E-state index in [-0.39, 0.29) is 17.9 Å². The fourth-order valence-electron chi connectivity index (χ4n) is 2.37. The predicted octanol–water partition coefficient (Wildman–Crippen LogP) is -0.315. The summed E-state index contributed by atoms with van der Waals surface area (Å²) in [5, 5.41) is 15.2. The highest BCUT2D eigenvalue weighted by atomic mass is 16.3. The number of amides is 2. The second-order valence-corrected chi connectivity index (χ2v) is 4.63. The van der Waals surface area contributed by atoms with Gasteiger partial charge in [0.1, 0.15) is 6.04 Å². The maximum Gasteiger partial charge on any atom is 0.242 e. The third-order valence-electron chi connectivity index (χ3n) is 3.37. The minimum atomic E-state index is -0.435. The van der Waals surface area contributed by atoms with Gasteiger partial charge in [-0.25, -0.2) is 0 Å². The van der Waals surface area contributed by atoms with E-state index in [9.17, 15) is 14.7 Å². The Balaban J connectivity index is 1.84. The molecule has 1 heterocycles. The SMILES string of the molecule is O=C1CCC(C(=O)NC2CCCCC2O)N1. The molecule has 2 rings (SSSR count). The van der Waals surface area contributed by atoms with Crippen molar-refractivity contribution in [3.05, 3.63) is 0 Å². The van der Waals surface area contributed by atoms with Crippen LogP contribution in [0.4, 0.5) is 0 Å². The van der Waals surface area contributed by atoms with Gasteiger partial charge in [0, 0.05) is 6.42 Å². The molecular formula is C11H18N2O3. The number of aliphatic hydroxyl groups excluding tert-OH is 1. The van der Waals surface area contributed by atoms with Gasteiger partial charge in [-0.1, -0.05) is 12.8 Å². The second-order valence-electron chi connectivity index (χ2n) is 4.63. The van der Waals surface area contributed by atoms with Gasteiger partial charge in [0.25, 0.3) is 0 Å². The van der Waals surface area contributed by atoms with Crippen molar-refractivity contribution in [2.24, 2.45) is 0 Å². The molecular weight excluding hydrogens is 208 g/mol. The van der Waals surface area contributed by atoms with E-state index >= 15 is 0 Å². The summed E-state index contributed by atoms with van der Waals surface area (Å²) >= 11 is 0. The summed E-state index contributed by atoms with van der Waals surface area (Å²) in [7, 11) is 0. The van der Waals surface area contributed by atoms with Crippen LogP contribution in [0.1, 0.15) is 38.5 Å². The molecule has 1 aliphatic heterocycles. The van der Waals surface area contributed by atoms with Crippen LogP contribution >= 0.6 is 0 Å². The molecule has 0 aromatic heterocycles. The first-order chi connectivity index (χ1) is 7.66. The molecule has 2 aliphatic rings.